The first kappa shape index (κ1) is 15.7. The van der Waals surface area contributed by atoms with Gasteiger partial charge in [-0.25, -0.2) is 0 Å². The second kappa shape index (κ2) is 7.36. The molecular weight excluding hydrogens is 250 g/mol. The van der Waals surface area contributed by atoms with Crippen LogP contribution in [0.15, 0.2) is 0 Å². The van der Waals surface area contributed by atoms with E-state index in [-0.39, 0.29) is 0 Å². The van der Waals surface area contributed by atoms with Crippen molar-refractivity contribution >= 4 is 11.8 Å². The van der Waals surface area contributed by atoms with Gasteiger partial charge in [-0.3, -0.25) is 0 Å². The largest absolute Gasteiger partial charge is 0.312 e. The Morgan fingerprint density at radius 3 is 2.47 bits per heavy atom. The Morgan fingerprint density at radius 1 is 1.05 bits per heavy atom. The molecule has 2 aliphatic carbocycles. The normalized spacial score (nSPS) is 32.4. The molecule has 0 aromatic carbocycles. The zero-order chi connectivity index (χ0) is 13.7. The summed E-state index contributed by atoms with van der Waals surface area (Å²) in [5.74, 6) is 0. The van der Waals surface area contributed by atoms with Crippen molar-refractivity contribution in [3.8, 4) is 0 Å². The molecule has 19 heavy (non-hydrogen) atoms. The fraction of sp³-hybridized carbons (Fsp3) is 1.00. The summed E-state index contributed by atoms with van der Waals surface area (Å²) < 4.78 is 0. The molecule has 0 radical (unpaired) electrons. The molecule has 1 nitrogen and oxygen atoms in total. The number of hydrogen-bond acceptors (Lipinski definition) is 2. The molecule has 0 heterocycles. The van der Waals surface area contributed by atoms with Crippen LogP contribution in [0.3, 0.4) is 0 Å². The molecule has 0 amide bonds. The highest BCUT2D eigenvalue weighted by molar-refractivity contribution is 8.00. The molecule has 0 bridgehead atoms. The molecule has 112 valence electrons. The van der Waals surface area contributed by atoms with Crippen LogP contribution in [0.25, 0.3) is 0 Å². The van der Waals surface area contributed by atoms with Crippen molar-refractivity contribution in [2.24, 2.45) is 5.41 Å². The van der Waals surface area contributed by atoms with Gasteiger partial charge in [-0.15, -0.1) is 0 Å². The minimum atomic E-state index is 0.486. The van der Waals surface area contributed by atoms with Crippen molar-refractivity contribution in [3.63, 3.8) is 0 Å². The summed E-state index contributed by atoms with van der Waals surface area (Å²) in [5, 5.41) is 5.70. The van der Waals surface area contributed by atoms with E-state index in [0.717, 1.165) is 16.5 Å². The van der Waals surface area contributed by atoms with Gasteiger partial charge in [-0.1, -0.05) is 46.5 Å². The highest BCUT2D eigenvalue weighted by Gasteiger charge is 2.39. The molecule has 2 fully saturated rings. The summed E-state index contributed by atoms with van der Waals surface area (Å²) in [6.45, 7) is 8.43. The summed E-state index contributed by atoms with van der Waals surface area (Å²) in [6.07, 6.45) is 12.9. The molecule has 2 saturated carbocycles. The van der Waals surface area contributed by atoms with Crippen molar-refractivity contribution in [2.75, 3.05) is 6.54 Å². The SMILES string of the molecule is CCCNC1C(SC2CCCCC2)CCCC1(C)C. The van der Waals surface area contributed by atoms with E-state index in [1.165, 1.54) is 64.3 Å². The van der Waals surface area contributed by atoms with Crippen LogP contribution in [0.5, 0.6) is 0 Å². The minimum absolute atomic E-state index is 0.486. The van der Waals surface area contributed by atoms with Gasteiger partial charge in [0, 0.05) is 16.5 Å². The summed E-state index contributed by atoms with van der Waals surface area (Å²) in [5.41, 5.74) is 0.486. The smallest absolute Gasteiger partial charge is 0.0237 e. The van der Waals surface area contributed by atoms with E-state index in [9.17, 15) is 0 Å². The lowest BCUT2D eigenvalue weighted by Crippen LogP contribution is -2.52. The zero-order valence-corrected chi connectivity index (χ0v) is 14.0. The van der Waals surface area contributed by atoms with Gasteiger partial charge in [0.15, 0.2) is 0 Å². The Hall–Kier alpha value is 0.310. The molecule has 2 atom stereocenters. The molecule has 1 N–H and O–H groups in total. The maximum atomic E-state index is 3.88. The molecule has 2 rings (SSSR count). The highest BCUT2D eigenvalue weighted by atomic mass is 32.2. The van der Waals surface area contributed by atoms with Crippen molar-refractivity contribution < 1.29 is 0 Å². The molecule has 0 aliphatic heterocycles. The molecule has 0 saturated heterocycles. The lowest BCUT2D eigenvalue weighted by atomic mass is 9.73. The van der Waals surface area contributed by atoms with Crippen molar-refractivity contribution in [1.29, 1.82) is 0 Å². The number of hydrogen-bond donors (Lipinski definition) is 1. The molecule has 0 aromatic rings. The molecular formula is C17H33NS. The van der Waals surface area contributed by atoms with Gasteiger partial charge in [0.2, 0.25) is 0 Å². The van der Waals surface area contributed by atoms with E-state index in [0.29, 0.717) is 5.41 Å². The number of nitrogens with one attached hydrogen (secondary N) is 1. The van der Waals surface area contributed by atoms with Crippen LogP contribution in [-0.4, -0.2) is 23.1 Å². The Labute approximate surface area is 124 Å². The van der Waals surface area contributed by atoms with Crippen LogP contribution in [0.2, 0.25) is 0 Å². The second-order valence-electron chi connectivity index (χ2n) is 7.25. The van der Waals surface area contributed by atoms with Crippen molar-refractivity contribution in [1.82, 2.24) is 5.32 Å². The third-order valence-corrected chi connectivity index (χ3v) is 6.77. The quantitative estimate of drug-likeness (QED) is 0.762. The van der Waals surface area contributed by atoms with Crippen LogP contribution in [0, 0.1) is 5.41 Å². The minimum Gasteiger partial charge on any atom is -0.312 e. The van der Waals surface area contributed by atoms with Gasteiger partial charge < -0.3 is 5.32 Å². The standard InChI is InChI=1S/C17H33NS/c1-4-13-18-16-15(11-8-12-17(16,2)3)19-14-9-6-5-7-10-14/h14-16,18H,4-13H2,1-3H3. The first-order valence-electron chi connectivity index (χ1n) is 8.52. The third kappa shape index (κ3) is 4.39. The monoisotopic (exact) mass is 283 g/mol. The number of rotatable bonds is 5. The van der Waals surface area contributed by atoms with Gasteiger partial charge in [0.05, 0.1) is 0 Å². The van der Waals surface area contributed by atoms with Crippen molar-refractivity contribution in [2.45, 2.75) is 95.1 Å². The summed E-state index contributed by atoms with van der Waals surface area (Å²) >= 11 is 2.34. The lowest BCUT2D eigenvalue weighted by molar-refractivity contribution is 0.174. The van der Waals surface area contributed by atoms with Gasteiger partial charge in [-0.2, -0.15) is 11.8 Å². The van der Waals surface area contributed by atoms with E-state index < -0.39 is 0 Å². The first-order valence-corrected chi connectivity index (χ1v) is 9.46. The fourth-order valence-corrected chi connectivity index (χ4v) is 5.91. The topological polar surface area (TPSA) is 12.0 Å². The van der Waals surface area contributed by atoms with Gasteiger partial charge in [0.25, 0.3) is 0 Å². The van der Waals surface area contributed by atoms with Crippen molar-refractivity contribution in [3.05, 3.63) is 0 Å². The average molecular weight is 284 g/mol. The fourth-order valence-electron chi connectivity index (χ4n) is 3.89. The van der Waals surface area contributed by atoms with E-state index >= 15 is 0 Å². The molecule has 2 unspecified atom stereocenters. The molecule has 0 spiro atoms. The average Bonchev–Trinajstić information content (AvgIpc) is 2.38. The summed E-state index contributed by atoms with van der Waals surface area (Å²) in [4.78, 5) is 0. The lowest BCUT2D eigenvalue weighted by Gasteiger charge is -2.45. The third-order valence-electron chi connectivity index (χ3n) is 5.06. The molecule has 2 aliphatic rings. The Kier molecular flexibility index (Phi) is 6.08. The number of thioether (sulfide) groups is 1. The van der Waals surface area contributed by atoms with Crippen LogP contribution in [0.4, 0.5) is 0 Å². The Balaban J connectivity index is 1.94. The highest BCUT2D eigenvalue weighted by Crippen LogP contribution is 2.43. The van der Waals surface area contributed by atoms with Crippen LogP contribution in [0.1, 0.15) is 78.6 Å². The molecule has 0 aromatic heterocycles. The van der Waals surface area contributed by atoms with Gasteiger partial charge >= 0.3 is 0 Å². The predicted molar refractivity (Wildman–Crippen MR) is 88.0 cm³/mol. The molecule has 2 heteroatoms. The van der Waals surface area contributed by atoms with Crippen LogP contribution in [-0.2, 0) is 0 Å². The second-order valence-corrected chi connectivity index (χ2v) is 8.79. The van der Waals surface area contributed by atoms with Crippen LogP contribution >= 0.6 is 11.8 Å². The van der Waals surface area contributed by atoms with E-state index in [4.69, 9.17) is 0 Å². The van der Waals surface area contributed by atoms with E-state index in [1.54, 1.807) is 0 Å². The zero-order valence-electron chi connectivity index (χ0n) is 13.2. The maximum absolute atomic E-state index is 3.88. The predicted octanol–water partition coefficient (Wildman–Crippen LogP) is 5.00. The van der Waals surface area contributed by atoms with Gasteiger partial charge in [0.1, 0.15) is 0 Å². The maximum Gasteiger partial charge on any atom is 0.0237 e. The summed E-state index contributed by atoms with van der Waals surface area (Å²) in [7, 11) is 0. The van der Waals surface area contributed by atoms with E-state index in [1.807, 2.05) is 0 Å². The van der Waals surface area contributed by atoms with Crippen LogP contribution < -0.4 is 5.32 Å². The van der Waals surface area contributed by atoms with E-state index in [2.05, 4.69) is 37.8 Å². The Bertz CT molecular complexity index is 258. The summed E-state index contributed by atoms with van der Waals surface area (Å²) in [6, 6.07) is 0.730. The first-order chi connectivity index (χ1) is 9.13. The Morgan fingerprint density at radius 2 is 1.79 bits per heavy atom. The van der Waals surface area contributed by atoms with Gasteiger partial charge in [-0.05, 0) is 44.1 Å².